The third-order valence-electron chi connectivity index (χ3n) is 2.21. The first-order chi connectivity index (χ1) is 6.51. The molecule has 0 fully saturated rings. The number of hydrogen-bond donors (Lipinski definition) is 1. The van der Waals surface area contributed by atoms with Gasteiger partial charge in [-0.05, 0) is 20.3 Å². The summed E-state index contributed by atoms with van der Waals surface area (Å²) in [5.41, 5.74) is 0. The van der Waals surface area contributed by atoms with Gasteiger partial charge >= 0.3 is 5.97 Å². The lowest BCUT2D eigenvalue weighted by atomic mass is 10.2. The average Bonchev–Trinajstić information content (AvgIpc) is 2.16. The topological polar surface area (TPSA) is 49.8 Å². The van der Waals surface area contributed by atoms with E-state index in [1.54, 1.807) is 0 Å². The number of ether oxygens (including phenoxy) is 1. The van der Waals surface area contributed by atoms with Crippen molar-refractivity contribution in [3.05, 3.63) is 0 Å². The van der Waals surface area contributed by atoms with E-state index in [4.69, 9.17) is 0 Å². The molecule has 0 amide bonds. The van der Waals surface area contributed by atoms with Gasteiger partial charge in [0.05, 0.1) is 19.8 Å². The largest absolute Gasteiger partial charge is 0.468 e. The van der Waals surface area contributed by atoms with E-state index in [1.807, 2.05) is 25.7 Å². The minimum Gasteiger partial charge on any atom is -0.468 e. The molecule has 0 bridgehead atoms. The second-order valence-corrected chi connectivity index (χ2v) is 3.66. The summed E-state index contributed by atoms with van der Waals surface area (Å²) < 4.78 is 4.58. The summed E-state index contributed by atoms with van der Waals surface area (Å²) in [6.45, 7) is 6.66. The summed E-state index contributed by atoms with van der Waals surface area (Å²) in [5, 5.41) is 9.47. The molecule has 0 aliphatic heterocycles. The lowest BCUT2D eigenvalue weighted by Gasteiger charge is -2.27. The number of aliphatic hydroxyl groups excluding tert-OH is 1. The third kappa shape index (κ3) is 5.19. The maximum Gasteiger partial charge on any atom is 0.319 e. The van der Waals surface area contributed by atoms with Crippen LogP contribution in [0, 0.1) is 0 Å². The highest BCUT2D eigenvalue weighted by molar-refractivity contribution is 5.71. The number of methoxy groups -OCH3 is 1. The van der Waals surface area contributed by atoms with Crippen LogP contribution in [0.3, 0.4) is 0 Å². The van der Waals surface area contributed by atoms with E-state index >= 15 is 0 Å². The molecule has 0 unspecified atom stereocenters. The van der Waals surface area contributed by atoms with E-state index in [0.717, 1.165) is 0 Å². The lowest BCUT2D eigenvalue weighted by molar-refractivity contribution is -0.142. The molecule has 0 aliphatic carbocycles. The molecule has 0 rings (SSSR count). The minimum atomic E-state index is -0.373. The zero-order chi connectivity index (χ0) is 11.1. The van der Waals surface area contributed by atoms with Crippen molar-refractivity contribution in [2.75, 3.05) is 20.2 Å². The fraction of sp³-hybridized carbons (Fsp3) is 0.900. The molecule has 14 heavy (non-hydrogen) atoms. The molecule has 1 N–H and O–H groups in total. The van der Waals surface area contributed by atoms with Crippen LogP contribution in [0.2, 0.25) is 0 Å². The Morgan fingerprint density at radius 2 is 2.07 bits per heavy atom. The van der Waals surface area contributed by atoms with Gasteiger partial charge in [0, 0.05) is 12.6 Å². The zero-order valence-electron chi connectivity index (χ0n) is 9.49. The number of rotatable bonds is 6. The van der Waals surface area contributed by atoms with Crippen molar-refractivity contribution in [2.24, 2.45) is 0 Å². The van der Waals surface area contributed by atoms with E-state index in [-0.39, 0.29) is 24.7 Å². The van der Waals surface area contributed by atoms with E-state index < -0.39 is 0 Å². The van der Waals surface area contributed by atoms with Gasteiger partial charge in [0.1, 0.15) is 0 Å². The van der Waals surface area contributed by atoms with E-state index in [1.165, 1.54) is 7.11 Å². The maximum atomic E-state index is 11.1. The van der Waals surface area contributed by atoms with Crippen molar-refractivity contribution in [2.45, 2.75) is 39.3 Å². The SMILES string of the molecule is CC[C@@H](O)CN(CC(=O)OC)C(C)C. The van der Waals surface area contributed by atoms with Crippen LogP contribution in [0.5, 0.6) is 0 Å². The molecule has 0 aromatic rings. The fourth-order valence-corrected chi connectivity index (χ4v) is 1.09. The van der Waals surface area contributed by atoms with Crippen molar-refractivity contribution in [3.63, 3.8) is 0 Å². The van der Waals surface area contributed by atoms with E-state index in [0.29, 0.717) is 13.0 Å². The molecule has 0 aliphatic rings. The highest BCUT2D eigenvalue weighted by atomic mass is 16.5. The van der Waals surface area contributed by atoms with Crippen LogP contribution in [0.4, 0.5) is 0 Å². The smallest absolute Gasteiger partial charge is 0.319 e. The Balaban J connectivity index is 4.09. The van der Waals surface area contributed by atoms with Crippen LogP contribution in [0.15, 0.2) is 0 Å². The number of esters is 1. The van der Waals surface area contributed by atoms with E-state index in [9.17, 15) is 9.90 Å². The number of aliphatic hydroxyl groups is 1. The summed E-state index contributed by atoms with van der Waals surface area (Å²) in [4.78, 5) is 13.0. The molecule has 0 spiro atoms. The Morgan fingerprint density at radius 1 is 1.50 bits per heavy atom. The molecule has 0 radical (unpaired) electrons. The van der Waals surface area contributed by atoms with Crippen LogP contribution < -0.4 is 0 Å². The van der Waals surface area contributed by atoms with Crippen molar-refractivity contribution in [1.29, 1.82) is 0 Å². The second kappa shape index (κ2) is 6.79. The first kappa shape index (κ1) is 13.4. The summed E-state index contributed by atoms with van der Waals surface area (Å²) in [6, 6.07) is 0.232. The van der Waals surface area contributed by atoms with Gasteiger partial charge in [0.2, 0.25) is 0 Å². The third-order valence-corrected chi connectivity index (χ3v) is 2.21. The Hall–Kier alpha value is -0.610. The Morgan fingerprint density at radius 3 is 2.43 bits per heavy atom. The first-order valence-electron chi connectivity index (χ1n) is 5.00. The van der Waals surface area contributed by atoms with Gasteiger partial charge in [-0.3, -0.25) is 9.69 Å². The van der Waals surface area contributed by atoms with Crippen LogP contribution in [0.25, 0.3) is 0 Å². The van der Waals surface area contributed by atoms with Gasteiger partial charge in [-0.25, -0.2) is 0 Å². The van der Waals surface area contributed by atoms with Gasteiger partial charge in [-0.15, -0.1) is 0 Å². The van der Waals surface area contributed by atoms with Crippen molar-refractivity contribution < 1.29 is 14.6 Å². The van der Waals surface area contributed by atoms with Crippen molar-refractivity contribution in [1.82, 2.24) is 4.90 Å². The quantitative estimate of drug-likeness (QED) is 0.644. The molecule has 0 saturated heterocycles. The molecular formula is C10H21NO3. The molecule has 0 heterocycles. The normalized spacial score (nSPS) is 13.4. The number of carbonyl (C=O) groups is 1. The van der Waals surface area contributed by atoms with Gasteiger partial charge in [-0.2, -0.15) is 0 Å². The minimum absolute atomic E-state index is 0.232. The van der Waals surface area contributed by atoms with E-state index in [2.05, 4.69) is 4.74 Å². The Bertz CT molecular complexity index is 171. The molecule has 84 valence electrons. The van der Waals surface area contributed by atoms with Crippen LogP contribution in [-0.4, -0.2) is 48.3 Å². The summed E-state index contributed by atoms with van der Waals surface area (Å²) >= 11 is 0. The maximum absolute atomic E-state index is 11.1. The Labute approximate surface area is 85.9 Å². The Kier molecular flexibility index (Phi) is 6.49. The van der Waals surface area contributed by atoms with Crippen molar-refractivity contribution in [3.8, 4) is 0 Å². The lowest BCUT2D eigenvalue weighted by Crippen LogP contribution is -2.41. The molecular weight excluding hydrogens is 182 g/mol. The van der Waals surface area contributed by atoms with Crippen LogP contribution >= 0.6 is 0 Å². The highest BCUT2D eigenvalue weighted by Crippen LogP contribution is 2.02. The van der Waals surface area contributed by atoms with Crippen LogP contribution in [-0.2, 0) is 9.53 Å². The molecule has 4 nitrogen and oxygen atoms in total. The monoisotopic (exact) mass is 203 g/mol. The van der Waals surface area contributed by atoms with Gasteiger partial charge < -0.3 is 9.84 Å². The second-order valence-electron chi connectivity index (χ2n) is 3.66. The number of carbonyl (C=O) groups excluding carboxylic acids is 1. The van der Waals surface area contributed by atoms with Gasteiger partial charge in [0.15, 0.2) is 0 Å². The summed E-state index contributed by atoms with van der Waals surface area (Å²) in [5.74, 6) is -0.262. The first-order valence-corrected chi connectivity index (χ1v) is 5.00. The summed E-state index contributed by atoms with van der Waals surface area (Å²) in [6.07, 6.45) is 0.326. The van der Waals surface area contributed by atoms with Gasteiger partial charge in [0.25, 0.3) is 0 Å². The zero-order valence-corrected chi connectivity index (χ0v) is 9.49. The number of nitrogens with zero attached hydrogens (tertiary/aromatic N) is 1. The highest BCUT2D eigenvalue weighted by Gasteiger charge is 2.16. The summed E-state index contributed by atoms with van der Waals surface area (Å²) in [7, 11) is 1.37. The molecule has 1 atom stereocenters. The molecule has 0 aromatic heterocycles. The van der Waals surface area contributed by atoms with Gasteiger partial charge in [-0.1, -0.05) is 6.92 Å². The molecule has 0 aromatic carbocycles. The predicted molar refractivity (Wildman–Crippen MR) is 55.0 cm³/mol. The van der Waals surface area contributed by atoms with Crippen LogP contribution in [0.1, 0.15) is 27.2 Å². The molecule has 4 heteroatoms. The average molecular weight is 203 g/mol. The molecule has 0 saturated carbocycles. The predicted octanol–water partition coefficient (Wildman–Crippen LogP) is 0.641. The standard InChI is InChI=1S/C10H21NO3/c1-5-9(12)6-11(8(2)3)7-10(13)14-4/h8-9,12H,5-7H2,1-4H3/t9-/m1/s1. The number of hydrogen-bond acceptors (Lipinski definition) is 4. The van der Waals surface area contributed by atoms with Crippen molar-refractivity contribution >= 4 is 5.97 Å². The fourth-order valence-electron chi connectivity index (χ4n) is 1.09.